The van der Waals surface area contributed by atoms with E-state index in [1.807, 2.05) is 19.0 Å². The maximum Gasteiger partial charge on any atom is 0.314 e. The Bertz CT molecular complexity index is 510. The number of carboxylic acids is 1. The van der Waals surface area contributed by atoms with Crippen LogP contribution in [0.4, 0.5) is 4.39 Å². The van der Waals surface area contributed by atoms with Gasteiger partial charge in [-0.05, 0) is 44.6 Å². The van der Waals surface area contributed by atoms with Crippen molar-refractivity contribution in [2.24, 2.45) is 0 Å². The lowest BCUT2D eigenvalue weighted by molar-refractivity contribution is -0.147. The molecule has 2 rings (SSSR count). The van der Waals surface area contributed by atoms with Crippen molar-refractivity contribution >= 4 is 5.97 Å². The molecular weight excluding hydrogens is 249 g/mol. The second-order valence-electron chi connectivity index (χ2n) is 5.45. The molecule has 0 aromatic heterocycles. The number of phenols is 1. The van der Waals surface area contributed by atoms with E-state index < -0.39 is 23.0 Å². The standard InChI is InChI=1S/C14H18FNO3/c1-16(2)8-9-6-10(12(17)11(15)7-9)14(13(18)19)4-3-5-14/h6-7,17H,3-5,8H2,1-2H3,(H,18,19). The molecule has 19 heavy (non-hydrogen) atoms. The minimum atomic E-state index is -1.12. The molecule has 104 valence electrons. The fourth-order valence-electron chi connectivity index (χ4n) is 2.61. The molecule has 1 aromatic carbocycles. The van der Waals surface area contributed by atoms with Crippen LogP contribution in [0, 0.1) is 5.82 Å². The largest absolute Gasteiger partial charge is 0.505 e. The zero-order chi connectivity index (χ0) is 14.2. The summed E-state index contributed by atoms with van der Waals surface area (Å²) in [6.07, 6.45) is 1.67. The number of hydrogen-bond donors (Lipinski definition) is 2. The second kappa shape index (κ2) is 4.81. The van der Waals surface area contributed by atoms with Crippen LogP contribution in [0.2, 0.25) is 0 Å². The Kier molecular flexibility index (Phi) is 3.49. The lowest BCUT2D eigenvalue weighted by Gasteiger charge is -2.38. The molecule has 1 aliphatic rings. The zero-order valence-corrected chi connectivity index (χ0v) is 11.1. The summed E-state index contributed by atoms with van der Waals surface area (Å²) in [5, 5.41) is 19.2. The van der Waals surface area contributed by atoms with Crippen molar-refractivity contribution in [2.45, 2.75) is 31.2 Å². The van der Waals surface area contributed by atoms with Gasteiger partial charge in [0.1, 0.15) is 0 Å². The van der Waals surface area contributed by atoms with Gasteiger partial charge in [-0.25, -0.2) is 4.39 Å². The summed E-state index contributed by atoms with van der Waals surface area (Å²) in [4.78, 5) is 13.3. The van der Waals surface area contributed by atoms with E-state index in [-0.39, 0.29) is 5.56 Å². The molecule has 0 aliphatic heterocycles. The Balaban J connectivity index is 2.49. The molecule has 0 amide bonds. The number of phenolic OH excluding ortho intramolecular Hbond substituents is 1. The van der Waals surface area contributed by atoms with Gasteiger partial charge < -0.3 is 15.1 Å². The third-order valence-electron chi connectivity index (χ3n) is 3.75. The third-order valence-corrected chi connectivity index (χ3v) is 3.75. The highest BCUT2D eigenvalue weighted by molar-refractivity contribution is 5.83. The first kappa shape index (κ1) is 13.8. The van der Waals surface area contributed by atoms with Crippen molar-refractivity contribution in [2.75, 3.05) is 14.1 Å². The minimum absolute atomic E-state index is 0.211. The third kappa shape index (κ3) is 2.30. The average Bonchev–Trinajstić information content (AvgIpc) is 2.21. The van der Waals surface area contributed by atoms with Gasteiger partial charge in [-0.1, -0.05) is 6.42 Å². The van der Waals surface area contributed by atoms with E-state index in [1.54, 1.807) is 6.07 Å². The summed E-state index contributed by atoms with van der Waals surface area (Å²) in [6.45, 7) is 0.500. The van der Waals surface area contributed by atoms with Crippen LogP contribution >= 0.6 is 0 Å². The highest BCUT2D eigenvalue weighted by Gasteiger charge is 2.48. The molecular formula is C14H18FNO3. The number of carbonyl (C=O) groups is 1. The van der Waals surface area contributed by atoms with Crippen LogP contribution in [0.1, 0.15) is 30.4 Å². The van der Waals surface area contributed by atoms with E-state index in [1.165, 1.54) is 6.07 Å². The van der Waals surface area contributed by atoms with Gasteiger partial charge in [0.05, 0.1) is 5.41 Å². The molecule has 2 N–H and O–H groups in total. The minimum Gasteiger partial charge on any atom is -0.505 e. The van der Waals surface area contributed by atoms with Crippen LogP contribution in [-0.2, 0) is 16.8 Å². The van der Waals surface area contributed by atoms with Gasteiger partial charge in [0, 0.05) is 12.1 Å². The van der Waals surface area contributed by atoms with Crippen molar-refractivity contribution in [1.82, 2.24) is 4.90 Å². The topological polar surface area (TPSA) is 60.8 Å². The van der Waals surface area contributed by atoms with Crippen LogP contribution in [-0.4, -0.2) is 35.2 Å². The summed E-state index contributed by atoms with van der Waals surface area (Å²) >= 11 is 0. The first-order valence-electron chi connectivity index (χ1n) is 6.27. The van der Waals surface area contributed by atoms with Crippen molar-refractivity contribution < 1.29 is 19.4 Å². The molecule has 1 saturated carbocycles. The van der Waals surface area contributed by atoms with E-state index in [9.17, 15) is 19.4 Å². The normalized spacial score (nSPS) is 17.3. The SMILES string of the molecule is CN(C)Cc1cc(F)c(O)c(C2(C(=O)O)CCC2)c1. The van der Waals surface area contributed by atoms with Crippen LogP contribution < -0.4 is 0 Å². The number of benzene rings is 1. The van der Waals surface area contributed by atoms with E-state index in [2.05, 4.69) is 0 Å². The fraction of sp³-hybridized carbons (Fsp3) is 0.500. The van der Waals surface area contributed by atoms with Gasteiger partial charge >= 0.3 is 5.97 Å². The Morgan fingerprint density at radius 2 is 2.05 bits per heavy atom. The summed E-state index contributed by atoms with van der Waals surface area (Å²) in [5.74, 6) is -2.26. The average molecular weight is 267 g/mol. The van der Waals surface area contributed by atoms with E-state index in [0.29, 0.717) is 24.9 Å². The Hall–Kier alpha value is -1.62. The van der Waals surface area contributed by atoms with Gasteiger partial charge in [0.2, 0.25) is 0 Å². The smallest absolute Gasteiger partial charge is 0.314 e. The maximum absolute atomic E-state index is 13.8. The summed E-state index contributed by atoms with van der Waals surface area (Å²) in [7, 11) is 3.70. The lowest BCUT2D eigenvalue weighted by atomic mass is 9.64. The van der Waals surface area contributed by atoms with E-state index in [4.69, 9.17) is 0 Å². The fourth-order valence-corrected chi connectivity index (χ4v) is 2.61. The molecule has 1 fully saturated rings. The molecule has 0 bridgehead atoms. The van der Waals surface area contributed by atoms with Gasteiger partial charge in [-0.2, -0.15) is 0 Å². The van der Waals surface area contributed by atoms with Crippen molar-refractivity contribution in [1.29, 1.82) is 0 Å². The van der Waals surface area contributed by atoms with Gasteiger partial charge in [0.25, 0.3) is 0 Å². The number of rotatable bonds is 4. The predicted octanol–water partition coefficient (Wildman–Crippen LogP) is 2.10. The van der Waals surface area contributed by atoms with E-state index in [0.717, 1.165) is 6.42 Å². The summed E-state index contributed by atoms with van der Waals surface area (Å²) < 4.78 is 13.8. The highest BCUT2D eigenvalue weighted by Crippen LogP contribution is 2.48. The summed E-state index contributed by atoms with van der Waals surface area (Å²) in [6, 6.07) is 2.87. The highest BCUT2D eigenvalue weighted by atomic mass is 19.1. The van der Waals surface area contributed by atoms with Crippen molar-refractivity contribution in [3.63, 3.8) is 0 Å². The maximum atomic E-state index is 13.8. The van der Waals surface area contributed by atoms with Crippen molar-refractivity contribution in [3.8, 4) is 5.75 Å². The van der Waals surface area contributed by atoms with Crippen LogP contribution in [0.5, 0.6) is 5.75 Å². The molecule has 0 spiro atoms. The lowest BCUT2D eigenvalue weighted by Crippen LogP contribution is -2.42. The second-order valence-corrected chi connectivity index (χ2v) is 5.45. The van der Waals surface area contributed by atoms with Crippen LogP contribution in [0.3, 0.4) is 0 Å². The number of carboxylic acid groups (broad SMARTS) is 1. The Morgan fingerprint density at radius 1 is 1.42 bits per heavy atom. The first-order chi connectivity index (χ1) is 8.86. The molecule has 0 saturated heterocycles. The van der Waals surface area contributed by atoms with Crippen LogP contribution in [0.15, 0.2) is 12.1 Å². The van der Waals surface area contributed by atoms with Gasteiger partial charge in [0.15, 0.2) is 11.6 Å². The summed E-state index contributed by atoms with van der Waals surface area (Å²) in [5.41, 5.74) is -0.237. The number of halogens is 1. The number of hydrogen-bond acceptors (Lipinski definition) is 3. The van der Waals surface area contributed by atoms with Gasteiger partial charge in [-0.15, -0.1) is 0 Å². The molecule has 0 heterocycles. The monoisotopic (exact) mass is 267 g/mol. The first-order valence-corrected chi connectivity index (χ1v) is 6.27. The number of nitrogens with zero attached hydrogens (tertiary/aromatic N) is 1. The van der Waals surface area contributed by atoms with Crippen LogP contribution in [0.25, 0.3) is 0 Å². The molecule has 0 radical (unpaired) electrons. The Morgan fingerprint density at radius 3 is 2.47 bits per heavy atom. The van der Waals surface area contributed by atoms with Gasteiger partial charge in [-0.3, -0.25) is 4.79 Å². The van der Waals surface area contributed by atoms with Crippen molar-refractivity contribution in [3.05, 3.63) is 29.1 Å². The molecule has 4 nitrogen and oxygen atoms in total. The predicted molar refractivity (Wildman–Crippen MR) is 68.6 cm³/mol. The quantitative estimate of drug-likeness (QED) is 0.877. The molecule has 0 unspecified atom stereocenters. The molecule has 1 aromatic rings. The Labute approximate surface area is 111 Å². The molecule has 1 aliphatic carbocycles. The number of aliphatic carboxylic acids is 1. The molecule has 5 heteroatoms. The molecule has 0 atom stereocenters. The number of aromatic hydroxyl groups is 1. The van der Waals surface area contributed by atoms with E-state index >= 15 is 0 Å². The zero-order valence-electron chi connectivity index (χ0n) is 11.1.